The van der Waals surface area contributed by atoms with Crippen molar-refractivity contribution >= 4 is 17.4 Å². The quantitative estimate of drug-likeness (QED) is 0.736. The zero-order valence-corrected chi connectivity index (χ0v) is 10.6. The van der Waals surface area contributed by atoms with Gasteiger partial charge in [0.15, 0.2) is 0 Å². The lowest BCUT2D eigenvalue weighted by Crippen LogP contribution is -1.79. The van der Waals surface area contributed by atoms with E-state index in [1.165, 1.54) is 21.6 Å². The summed E-state index contributed by atoms with van der Waals surface area (Å²) in [6, 6.07) is 8.63. The molecular formula is C14H15NS. The Morgan fingerprint density at radius 3 is 2.38 bits per heavy atom. The summed E-state index contributed by atoms with van der Waals surface area (Å²) in [5.74, 6) is 0. The Morgan fingerprint density at radius 1 is 1.19 bits per heavy atom. The van der Waals surface area contributed by atoms with Gasteiger partial charge in [0.05, 0.1) is 16.1 Å². The van der Waals surface area contributed by atoms with Gasteiger partial charge in [-0.2, -0.15) is 0 Å². The first-order valence-electron chi connectivity index (χ1n) is 5.32. The van der Waals surface area contributed by atoms with E-state index >= 15 is 0 Å². The number of benzene rings is 1. The van der Waals surface area contributed by atoms with Crippen molar-refractivity contribution in [3.8, 4) is 10.4 Å². The summed E-state index contributed by atoms with van der Waals surface area (Å²) in [5, 5.41) is 0. The molecule has 0 aliphatic rings. The third-order valence-corrected chi connectivity index (χ3v) is 3.35. The van der Waals surface area contributed by atoms with Crippen molar-refractivity contribution < 1.29 is 0 Å². The fraction of sp³-hybridized carbons (Fsp3) is 0.214. The molecule has 1 nitrogen and oxygen atoms in total. The fourth-order valence-electron chi connectivity index (χ4n) is 1.64. The van der Waals surface area contributed by atoms with Crippen LogP contribution >= 0.6 is 11.3 Å². The van der Waals surface area contributed by atoms with Crippen LogP contribution in [-0.2, 0) is 0 Å². The van der Waals surface area contributed by atoms with Crippen LogP contribution in [0.1, 0.15) is 25.1 Å². The molecule has 1 heterocycles. The minimum atomic E-state index is 1.11. The van der Waals surface area contributed by atoms with Crippen LogP contribution < -0.4 is 0 Å². The van der Waals surface area contributed by atoms with E-state index < -0.39 is 0 Å². The van der Waals surface area contributed by atoms with E-state index in [2.05, 4.69) is 56.1 Å². The molecule has 0 bridgehead atoms. The molecule has 0 fully saturated rings. The van der Waals surface area contributed by atoms with Crippen LogP contribution in [-0.4, -0.2) is 4.98 Å². The van der Waals surface area contributed by atoms with Crippen LogP contribution in [0.2, 0.25) is 0 Å². The molecule has 16 heavy (non-hydrogen) atoms. The van der Waals surface area contributed by atoms with Crippen LogP contribution in [0.25, 0.3) is 16.5 Å². The molecule has 0 aliphatic carbocycles. The average Bonchev–Trinajstić information content (AvgIpc) is 2.65. The van der Waals surface area contributed by atoms with Crippen molar-refractivity contribution in [3.05, 3.63) is 46.6 Å². The summed E-state index contributed by atoms with van der Waals surface area (Å²) in [6.07, 6.45) is 2.18. The highest BCUT2D eigenvalue weighted by atomic mass is 32.1. The van der Waals surface area contributed by atoms with Gasteiger partial charge >= 0.3 is 0 Å². The van der Waals surface area contributed by atoms with Crippen LogP contribution in [0.4, 0.5) is 0 Å². The number of allylic oxidation sites excluding steroid dienone is 1. The van der Waals surface area contributed by atoms with Gasteiger partial charge in [0.25, 0.3) is 0 Å². The molecule has 0 radical (unpaired) electrons. The Bertz CT molecular complexity index is 502. The maximum atomic E-state index is 4.27. The van der Waals surface area contributed by atoms with E-state index in [1.54, 1.807) is 11.3 Å². The number of aryl methyl sites for hydroxylation is 1. The second-order valence-electron chi connectivity index (χ2n) is 4.11. The molecule has 0 N–H and O–H groups in total. The first kappa shape index (κ1) is 11.1. The third-order valence-electron chi connectivity index (χ3n) is 2.37. The van der Waals surface area contributed by atoms with Gasteiger partial charge in [-0.1, -0.05) is 35.9 Å². The van der Waals surface area contributed by atoms with Gasteiger partial charge in [0.1, 0.15) is 0 Å². The molecular weight excluding hydrogens is 214 g/mol. The number of hydrogen-bond donors (Lipinski definition) is 0. The van der Waals surface area contributed by atoms with E-state index in [-0.39, 0.29) is 0 Å². The van der Waals surface area contributed by atoms with Gasteiger partial charge < -0.3 is 0 Å². The molecule has 2 rings (SSSR count). The van der Waals surface area contributed by atoms with Gasteiger partial charge in [0, 0.05) is 0 Å². The van der Waals surface area contributed by atoms with Crippen LogP contribution in [0.3, 0.4) is 0 Å². The van der Waals surface area contributed by atoms with E-state index in [0.717, 1.165) is 5.69 Å². The minimum absolute atomic E-state index is 1.11. The van der Waals surface area contributed by atoms with Crippen LogP contribution in [0.15, 0.2) is 35.3 Å². The van der Waals surface area contributed by atoms with Crippen molar-refractivity contribution in [1.82, 2.24) is 4.98 Å². The normalized spacial score (nSPS) is 10.2. The maximum absolute atomic E-state index is 4.27. The Hall–Kier alpha value is -1.41. The van der Waals surface area contributed by atoms with E-state index in [4.69, 9.17) is 0 Å². The molecule has 0 atom stereocenters. The Balaban J connectivity index is 2.33. The first-order chi connectivity index (χ1) is 7.66. The fourth-order valence-corrected chi connectivity index (χ4v) is 2.45. The smallest absolute Gasteiger partial charge is 0.0801 e. The molecule has 0 saturated carbocycles. The minimum Gasteiger partial charge on any atom is -0.249 e. The number of nitrogens with zero attached hydrogens (tertiary/aromatic N) is 1. The summed E-state index contributed by atoms with van der Waals surface area (Å²) in [5.41, 5.74) is 6.84. The van der Waals surface area contributed by atoms with E-state index in [9.17, 15) is 0 Å². The lowest BCUT2D eigenvalue weighted by atomic mass is 10.1. The zero-order chi connectivity index (χ0) is 11.5. The van der Waals surface area contributed by atoms with Crippen LogP contribution in [0.5, 0.6) is 0 Å². The topological polar surface area (TPSA) is 12.9 Å². The van der Waals surface area contributed by atoms with E-state index in [1.807, 2.05) is 5.51 Å². The average molecular weight is 229 g/mol. The highest BCUT2D eigenvalue weighted by molar-refractivity contribution is 7.13. The number of rotatable bonds is 2. The molecule has 0 aliphatic heterocycles. The summed E-state index contributed by atoms with van der Waals surface area (Å²) in [7, 11) is 0. The standard InChI is InChI=1S/C14H15NS/c1-10(2)8-12-4-6-13(7-5-12)14-11(3)15-9-16-14/h4-9H,1-3H3. The van der Waals surface area contributed by atoms with E-state index in [0.29, 0.717) is 0 Å². The predicted molar refractivity (Wildman–Crippen MR) is 71.6 cm³/mol. The first-order valence-corrected chi connectivity index (χ1v) is 6.20. The summed E-state index contributed by atoms with van der Waals surface area (Å²) in [6.45, 7) is 6.28. The van der Waals surface area contributed by atoms with Crippen molar-refractivity contribution in [3.63, 3.8) is 0 Å². The van der Waals surface area contributed by atoms with Crippen molar-refractivity contribution in [2.75, 3.05) is 0 Å². The number of aromatic nitrogens is 1. The molecule has 0 unspecified atom stereocenters. The highest BCUT2D eigenvalue weighted by Gasteiger charge is 2.03. The zero-order valence-electron chi connectivity index (χ0n) is 9.82. The second-order valence-corrected chi connectivity index (χ2v) is 4.97. The van der Waals surface area contributed by atoms with Gasteiger partial charge in [0.2, 0.25) is 0 Å². The SMILES string of the molecule is CC(C)=Cc1ccc(-c2scnc2C)cc1. The monoisotopic (exact) mass is 229 g/mol. The molecule has 1 aromatic carbocycles. The lowest BCUT2D eigenvalue weighted by Gasteiger charge is -2.00. The summed E-state index contributed by atoms with van der Waals surface area (Å²) < 4.78 is 0. The summed E-state index contributed by atoms with van der Waals surface area (Å²) >= 11 is 1.70. The Kier molecular flexibility index (Phi) is 3.20. The molecule has 1 aromatic heterocycles. The number of hydrogen-bond acceptors (Lipinski definition) is 2. The molecule has 0 amide bonds. The molecule has 2 aromatic rings. The lowest BCUT2D eigenvalue weighted by molar-refractivity contribution is 1.27. The maximum Gasteiger partial charge on any atom is 0.0801 e. The molecule has 0 spiro atoms. The molecule has 0 saturated heterocycles. The second kappa shape index (κ2) is 4.62. The van der Waals surface area contributed by atoms with Crippen molar-refractivity contribution in [1.29, 1.82) is 0 Å². The highest BCUT2D eigenvalue weighted by Crippen LogP contribution is 2.27. The number of thiazole rings is 1. The predicted octanol–water partition coefficient (Wildman–Crippen LogP) is 4.54. The molecule has 2 heteroatoms. The van der Waals surface area contributed by atoms with Gasteiger partial charge in [-0.05, 0) is 31.9 Å². The van der Waals surface area contributed by atoms with Crippen LogP contribution in [0, 0.1) is 6.92 Å². The van der Waals surface area contributed by atoms with Crippen molar-refractivity contribution in [2.45, 2.75) is 20.8 Å². The Morgan fingerprint density at radius 2 is 1.88 bits per heavy atom. The van der Waals surface area contributed by atoms with Gasteiger partial charge in [-0.15, -0.1) is 11.3 Å². The largest absolute Gasteiger partial charge is 0.249 e. The van der Waals surface area contributed by atoms with Crippen molar-refractivity contribution in [2.24, 2.45) is 0 Å². The van der Waals surface area contributed by atoms with Gasteiger partial charge in [-0.3, -0.25) is 0 Å². The third kappa shape index (κ3) is 2.39. The Labute approximate surface area is 100 Å². The summed E-state index contributed by atoms with van der Waals surface area (Å²) in [4.78, 5) is 5.54. The molecule has 82 valence electrons. The van der Waals surface area contributed by atoms with Gasteiger partial charge in [-0.25, -0.2) is 4.98 Å².